The van der Waals surface area contributed by atoms with Gasteiger partial charge in [-0.15, -0.1) is 0 Å². The van der Waals surface area contributed by atoms with E-state index >= 15 is 0 Å². The van der Waals surface area contributed by atoms with Gasteiger partial charge in [0.2, 0.25) is 0 Å². The van der Waals surface area contributed by atoms with E-state index in [2.05, 4.69) is 82.1 Å². The number of benzene rings is 2. The predicted octanol–water partition coefficient (Wildman–Crippen LogP) is 5.85. The molecule has 0 heterocycles. The van der Waals surface area contributed by atoms with Gasteiger partial charge in [0.05, 0.1) is 0 Å². The standard InChI is InChI=1S/C23H33NO/c1-6-7-16-24(5)17-15-23(21-11-9-8-10-12-21)25-22-14-13-18(2)19(3)20(22)4/h8-14,23H,6-7,15-17H2,1-5H3. The molecule has 2 nitrogen and oxygen atoms in total. The largest absolute Gasteiger partial charge is 0.485 e. The van der Waals surface area contributed by atoms with Crippen molar-refractivity contribution in [1.82, 2.24) is 4.90 Å². The minimum atomic E-state index is 0.0890. The Morgan fingerprint density at radius 1 is 0.920 bits per heavy atom. The Morgan fingerprint density at radius 3 is 2.32 bits per heavy atom. The lowest BCUT2D eigenvalue weighted by molar-refractivity contribution is 0.171. The normalized spacial score (nSPS) is 12.4. The molecule has 2 heteroatoms. The summed E-state index contributed by atoms with van der Waals surface area (Å²) in [6.45, 7) is 10.9. The second-order valence-corrected chi connectivity index (χ2v) is 7.09. The SMILES string of the molecule is CCCCN(C)CCC(Oc1ccc(C)c(C)c1C)c1ccccc1. The summed E-state index contributed by atoms with van der Waals surface area (Å²) in [5.74, 6) is 1.01. The fraction of sp³-hybridized carbons (Fsp3) is 0.478. The van der Waals surface area contributed by atoms with Crippen molar-refractivity contribution in [3.63, 3.8) is 0 Å². The van der Waals surface area contributed by atoms with E-state index in [4.69, 9.17) is 4.74 Å². The van der Waals surface area contributed by atoms with Crippen LogP contribution in [-0.2, 0) is 0 Å². The molecule has 2 aromatic rings. The molecule has 25 heavy (non-hydrogen) atoms. The molecule has 0 N–H and O–H groups in total. The highest BCUT2D eigenvalue weighted by Crippen LogP contribution is 2.30. The zero-order valence-electron chi connectivity index (χ0n) is 16.5. The van der Waals surface area contributed by atoms with E-state index < -0.39 is 0 Å². The van der Waals surface area contributed by atoms with Crippen LogP contribution in [0.4, 0.5) is 0 Å². The highest BCUT2D eigenvalue weighted by atomic mass is 16.5. The summed E-state index contributed by atoms with van der Waals surface area (Å²) in [6, 6.07) is 14.9. The fourth-order valence-corrected chi connectivity index (χ4v) is 3.05. The second-order valence-electron chi connectivity index (χ2n) is 7.09. The molecule has 2 rings (SSSR count). The number of unbranched alkanes of at least 4 members (excludes halogenated alkanes) is 1. The summed E-state index contributed by atoms with van der Waals surface area (Å²) in [6.07, 6.45) is 3.58. The van der Waals surface area contributed by atoms with Gasteiger partial charge in [0.1, 0.15) is 11.9 Å². The van der Waals surface area contributed by atoms with Gasteiger partial charge in [-0.3, -0.25) is 0 Å². The van der Waals surface area contributed by atoms with Crippen molar-refractivity contribution >= 4 is 0 Å². The highest BCUT2D eigenvalue weighted by molar-refractivity contribution is 5.43. The summed E-state index contributed by atoms with van der Waals surface area (Å²) >= 11 is 0. The first-order valence-electron chi connectivity index (χ1n) is 9.49. The van der Waals surface area contributed by atoms with E-state index in [1.165, 1.54) is 35.1 Å². The molecule has 0 aliphatic carbocycles. The number of rotatable bonds is 9. The van der Waals surface area contributed by atoms with E-state index in [-0.39, 0.29) is 6.10 Å². The number of hydrogen-bond donors (Lipinski definition) is 0. The quantitative estimate of drug-likeness (QED) is 0.568. The number of ether oxygens (including phenoxy) is 1. The molecule has 0 spiro atoms. The molecule has 1 unspecified atom stereocenters. The smallest absolute Gasteiger partial charge is 0.125 e. The van der Waals surface area contributed by atoms with E-state index in [1.807, 2.05) is 0 Å². The average molecular weight is 340 g/mol. The molecular weight excluding hydrogens is 306 g/mol. The maximum absolute atomic E-state index is 6.50. The third kappa shape index (κ3) is 5.61. The van der Waals surface area contributed by atoms with Gasteiger partial charge in [-0.1, -0.05) is 49.7 Å². The van der Waals surface area contributed by atoms with Crippen molar-refractivity contribution in [2.75, 3.05) is 20.1 Å². The number of aryl methyl sites for hydroxylation is 1. The molecule has 0 amide bonds. The third-order valence-electron chi connectivity index (χ3n) is 5.12. The first-order valence-corrected chi connectivity index (χ1v) is 9.49. The molecule has 0 radical (unpaired) electrons. The molecule has 2 aromatic carbocycles. The van der Waals surface area contributed by atoms with Gasteiger partial charge >= 0.3 is 0 Å². The van der Waals surface area contributed by atoms with Gasteiger partial charge in [-0.25, -0.2) is 0 Å². The average Bonchev–Trinajstić information content (AvgIpc) is 2.64. The Kier molecular flexibility index (Phi) is 7.52. The van der Waals surface area contributed by atoms with Gasteiger partial charge < -0.3 is 9.64 Å². The van der Waals surface area contributed by atoms with Gasteiger partial charge in [0, 0.05) is 13.0 Å². The molecule has 0 aliphatic rings. The lowest BCUT2D eigenvalue weighted by atomic mass is 10.0. The van der Waals surface area contributed by atoms with Crippen molar-refractivity contribution < 1.29 is 4.74 Å². The van der Waals surface area contributed by atoms with Crippen molar-refractivity contribution in [3.05, 3.63) is 64.7 Å². The van der Waals surface area contributed by atoms with Gasteiger partial charge in [0.15, 0.2) is 0 Å². The van der Waals surface area contributed by atoms with Crippen LogP contribution < -0.4 is 4.74 Å². The Labute approximate surface area is 153 Å². The van der Waals surface area contributed by atoms with Crippen LogP contribution in [0.2, 0.25) is 0 Å². The molecule has 0 aromatic heterocycles. The fourth-order valence-electron chi connectivity index (χ4n) is 3.05. The van der Waals surface area contributed by atoms with E-state index in [0.717, 1.165) is 25.3 Å². The Balaban J connectivity index is 2.14. The minimum absolute atomic E-state index is 0.0890. The summed E-state index contributed by atoms with van der Waals surface area (Å²) in [5, 5.41) is 0. The van der Waals surface area contributed by atoms with Crippen molar-refractivity contribution in [1.29, 1.82) is 0 Å². The Bertz CT molecular complexity index is 651. The van der Waals surface area contributed by atoms with Crippen LogP contribution in [0.3, 0.4) is 0 Å². The van der Waals surface area contributed by atoms with Crippen LogP contribution in [0, 0.1) is 20.8 Å². The van der Waals surface area contributed by atoms with E-state index in [9.17, 15) is 0 Å². The monoisotopic (exact) mass is 339 g/mol. The molecule has 0 aliphatic heterocycles. The maximum atomic E-state index is 6.50. The van der Waals surface area contributed by atoms with E-state index in [0.29, 0.717) is 0 Å². The lowest BCUT2D eigenvalue weighted by Crippen LogP contribution is -2.24. The second kappa shape index (κ2) is 9.62. The molecule has 0 saturated heterocycles. The maximum Gasteiger partial charge on any atom is 0.125 e. The Morgan fingerprint density at radius 2 is 1.64 bits per heavy atom. The predicted molar refractivity (Wildman–Crippen MR) is 107 cm³/mol. The topological polar surface area (TPSA) is 12.5 Å². The van der Waals surface area contributed by atoms with E-state index in [1.54, 1.807) is 0 Å². The van der Waals surface area contributed by atoms with Crippen LogP contribution in [-0.4, -0.2) is 25.0 Å². The lowest BCUT2D eigenvalue weighted by Gasteiger charge is -2.24. The van der Waals surface area contributed by atoms with Crippen LogP contribution in [0.25, 0.3) is 0 Å². The summed E-state index contributed by atoms with van der Waals surface area (Å²) in [7, 11) is 2.21. The third-order valence-corrected chi connectivity index (χ3v) is 5.12. The Hall–Kier alpha value is -1.80. The molecule has 0 bridgehead atoms. The van der Waals surface area contributed by atoms with Crippen LogP contribution in [0.5, 0.6) is 5.75 Å². The van der Waals surface area contributed by atoms with Gasteiger partial charge in [0.25, 0.3) is 0 Å². The molecular formula is C23H33NO. The van der Waals surface area contributed by atoms with Crippen LogP contribution in [0.15, 0.2) is 42.5 Å². The number of nitrogens with zero attached hydrogens (tertiary/aromatic N) is 1. The molecule has 136 valence electrons. The first-order chi connectivity index (χ1) is 12.0. The number of hydrogen-bond acceptors (Lipinski definition) is 2. The summed E-state index contributed by atoms with van der Waals surface area (Å²) in [5.41, 5.74) is 5.15. The zero-order valence-corrected chi connectivity index (χ0v) is 16.5. The van der Waals surface area contributed by atoms with Gasteiger partial charge in [-0.05, 0) is 69.1 Å². The summed E-state index contributed by atoms with van der Waals surface area (Å²) in [4.78, 5) is 2.41. The zero-order chi connectivity index (χ0) is 18.2. The van der Waals surface area contributed by atoms with Crippen molar-refractivity contribution in [2.24, 2.45) is 0 Å². The molecule has 0 saturated carbocycles. The molecule has 1 atom stereocenters. The van der Waals surface area contributed by atoms with Crippen molar-refractivity contribution in [2.45, 2.75) is 53.1 Å². The van der Waals surface area contributed by atoms with Crippen LogP contribution in [0.1, 0.15) is 54.5 Å². The first kappa shape index (κ1) is 19.5. The highest BCUT2D eigenvalue weighted by Gasteiger charge is 2.16. The molecule has 0 fully saturated rings. The minimum Gasteiger partial charge on any atom is -0.485 e. The summed E-state index contributed by atoms with van der Waals surface area (Å²) < 4.78 is 6.50. The van der Waals surface area contributed by atoms with Crippen LogP contribution >= 0.6 is 0 Å². The van der Waals surface area contributed by atoms with Crippen molar-refractivity contribution in [3.8, 4) is 5.75 Å². The van der Waals surface area contributed by atoms with Gasteiger partial charge in [-0.2, -0.15) is 0 Å².